The summed E-state index contributed by atoms with van der Waals surface area (Å²) < 4.78 is 10.8. The number of nitrogens with zero attached hydrogens (tertiary/aromatic N) is 2. The number of amides is 1. The molecule has 0 aliphatic carbocycles. The van der Waals surface area contributed by atoms with Gasteiger partial charge in [-0.3, -0.25) is 9.69 Å². The van der Waals surface area contributed by atoms with Crippen molar-refractivity contribution >= 4 is 23.3 Å². The van der Waals surface area contributed by atoms with Gasteiger partial charge in [-0.05, 0) is 69.8 Å². The van der Waals surface area contributed by atoms with Crippen molar-refractivity contribution in [3.05, 3.63) is 40.1 Å². The Hall–Kier alpha value is -2.09. The zero-order chi connectivity index (χ0) is 21.0. The number of carbonyl (C=O) groups is 1. The minimum Gasteiger partial charge on any atom is -0.491 e. The molecule has 0 bridgehead atoms. The van der Waals surface area contributed by atoms with Crippen LogP contribution in [-0.2, 0) is 4.79 Å². The smallest absolute Gasteiger partial charge is 0.239 e. The first-order chi connectivity index (χ1) is 13.7. The molecule has 0 spiro atoms. The van der Waals surface area contributed by atoms with E-state index in [0.29, 0.717) is 36.7 Å². The largest absolute Gasteiger partial charge is 0.491 e. The third kappa shape index (κ3) is 5.95. The van der Waals surface area contributed by atoms with E-state index in [1.807, 2.05) is 30.9 Å². The molecule has 8 heteroatoms. The molecule has 1 aliphatic heterocycles. The highest BCUT2D eigenvalue weighted by molar-refractivity contribution is 6.32. The summed E-state index contributed by atoms with van der Waals surface area (Å²) in [5.41, 5.74) is 0.985. The number of nitrogens with one attached hydrogen (secondary N) is 1. The van der Waals surface area contributed by atoms with Crippen LogP contribution in [0.3, 0.4) is 0 Å². The van der Waals surface area contributed by atoms with Gasteiger partial charge in [-0.1, -0.05) is 16.8 Å². The Labute approximate surface area is 176 Å². The molecule has 0 radical (unpaired) electrons. The number of hydrogen-bond donors (Lipinski definition) is 2. The minimum absolute atomic E-state index is 0.146. The number of anilines is 1. The number of halogens is 1. The van der Waals surface area contributed by atoms with Gasteiger partial charge in [0.15, 0.2) is 5.82 Å². The summed E-state index contributed by atoms with van der Waals surface area (Å²) in [5.74, 6) is 1.63. The van der Waals surface area contributed by atoms with Gasteiger partial charge in [0.2, 0.25) is 5.91 Å². The molecule has 1 fully saturated rings. The highest BCUT2D eigenvalue weighted by Crippen LogP contribution is 2.28. The van der Waals surface area contributed by atoms with Crippen LogP contribution in [0.15, 0.2) is 22.7 Å². The maximum atomic E-state index is 12.2. The number of ether oxygens (including phenoxy) is 1. The van der Waals surface area contributed by atoms with Crippen LogP contribution in [0, 0.1) is 20.8 Å². The number of aryl methyl sites for hydroxylation is 3. The Morgan fingerprint density at radius 2 is 2.00 bits per heavy atom. The third-order valence-electron chi connectivity index (χ3n) is 5.19. The molecule has 2 N–H and O–H groups in total. The van der Waals surface area contributed by atoms with Gasteiger partial charge in [-0.25, -0.2) is 0 Å². The predicted octanol–water partition coefficient (Wildman–Crippen LogP) is 3.49. The Balaban J connectivity index is 1.51. The van der Waals surface area contributed by atoms with Crippen LogP contribution in [0.1, 0.15) is 36.1 Å². The first-order valence-corrected chi connectivity index (χ1v) is 10.2. The predicted molar refractivity (Wildman–Crippen MR) is 112 cm³/mol. The first kappa shape index (κ1) is 21.6. The van der Waals surface area contributed by atoms with Crippen LogP contribution in [-0.4, -0.2) is 52.9 Å². The SMILES string of the molecule is Cc1cc(NC(=O)CN2CCCC(O)(COc3cc(C)c(Cl)c(C)c3)CC2)no1. The van der Waals surface area contributed by atoms with Gasteiger partial charge in [0.25, 0.3) is 0 Å². The van der Waals surface area contributed by atoms with Crippen LogP contribution in [0.4, 0.5) is 5.82 Å². The van der Waals surface area contributed by atoms with Crippen molar-refractivity contribution in [1.82, 2.24) is 10.1 Å². The van der Waals surface area contributed by atoms with E-state index >= 15 is 0 Å². The number of likely N-dealkylation sites (tertiary alicyclic amines) is 1. The van der Waals surface area contributed by atoms with Crippen LogP contribution in [0.25, 0.3) is 0 Å². The molecule has 1 unspecified atom stereocenters. The van der Waals surface area contributed by atoms with Crippen LogP contribution < -0.4 is 10.1 Å². The van der Waals surface area contributed by atoms with E-state index < -0.39 is 5.60 Å². The van der Waals surface area contributed by atoms with Crippen LogP contribution in [0.5, 0.6) is 5.75 Å². The number of carbonyl (C=O) groups excluding carboxylic acids is 1. The van der Waals surface area contributed by atoms with Gasteiger partial charge in [0.1, 0.15) is 18.1 Å². The maximum absolute atomic E-state index is 12.2. The molecule has 2 heterocycles. The fourth-order valence-electron chi connectivity index (χ4n) is 3.56. The fourth-order valence-corrected chi connectivity index (χ4v) is 3.66. The van der Waals surface area contributed by atoms with E-state index in [4.69, 9.17) is 20.9 Å². The van der Waals surface area contributed by atoms with E-state index in [9.17, 15) is 9.90 Å². The Kier molecular flexibility index (Phi) is 6.82. The van der Waals surface area contributed by atoms with Crippen LogP contribution in [0.2, 0.25) is 5.02 Å². The summed E-state index contributed by atoms with van der Waals surface area (Å²) >= 11 is 6.20. The van der Waals surface area contributed by atoms with E-state index in [-0.39, 0.29) is 19.1 Å². The molecular formula is C21H28ClN3O4. The van der Waals surface area contributed by atoms with Gasteiger partial charge in [-0.2, -0.15) is 0 Å². The number of aromatic nitrogens is 1. The molecular weight excluding hydrogens is 394 g/mol. The summed E-state index contributed by atoms with van der Waals surface area (Å²) in [4.78, 5) is 14.3. The molecule has 1 saturated heterocycles. The third-order valence-corrected chi connectivity index (χ3v) is 5.79. The number of hydrogen-bond acceptors (Lipinski definition) is 6. The molecule has 1 atom stereocenters. The molecule has 2 aromatic rings. The van der Waals surface area contributed by atoms with Gasteiger partial charge in [0, 0.05) is 17.6 Å². The summed E-state index contributed by atoms with van der Waals surface area (Å²) in [6.07, 6.45) is 1.95. The van der Waals surface area contributed by atoms with Crippen molar-refractivity contribution in [2.24, 2.45) is 0 Å². The molecule has 158 valence electrons. The van der Waals surface area contributed by atoms with Gasteiger partial charge in [-0.15, -0.1) is 0 Å². The Morgan fingerprint density at radius 3 is 2.66 bits per heavy atom. The Morgan fingerprint density at radius 1 is 1.28 bits per heavy atom. The fraction of sp³-hybridized carbons (Fsp3) is 0.524. The molecule has 3 rings (SSSR count). The lowest BCUT2D eigenvalue weighted by molar-refractivity contribution is -0.117. The minimum atomic E-state index is -0.921. The molecule has 29 heavy (non-hydrogen) atoms. The normalized spacial score (nSPS) is 20.3. The number of rotatable bonds is 6. The lowest BCUT2D eigenvalue weighted by Crippen LogP contribution is -2.38. The quantitative estimate of drug-likeness (QED) is 0.742. The Bertz CT molecular complexity index is 846. The molecule has 0 saturated carbocycles. The number of aliphatic hydroxyl groups is 1. The van der Waals surface area contributed by atoms with E-state index in [2.05, 4.69) is 10.5 Å². The molecule has 1 aliphatic rings. The summed E-state index contributed by atoms with van der Waals surface area (Å²) in [6, 6.07) is 5.45. The highest BCUT2D eigenvalue weighted by Gasteiger charge is 2.31. The zero-order valence-electron chi connectivity index (χ0n) is 17.1. The van der Waals surface area contributed by atoms with Crippen molar-refractivity contribution in [3.8, 4) is 5.75 Å². The average Bonchev–Trinajstić information content (AvgIpc) is 2.97. The summed E-state index contributed by atoms with van der Waals surface area (Å²) in [7, 11) is 0. The lowest BCUT2D eigenvalue weighted by atomic mass is 9.96. The van der Waals surface area contributed by atoms with Crippen molar-refractivity contribution in [2.45, 2.75) is 45.6 Å². The second-order valence-corrected chi connectivity index (χ2v) is 8.26. The maximum Gasteiger partial charge on any atom is 0.239 e. The highest BCUT2D eigenvalue weighted by atomic mass is 35.5. The lowest BCUT2D eigenvalue weighted by Gasteiger charge is -2.27. The molecule has 1 aromatic carbocycles. The molecule has 1 amide bonds. The van der Waals surface area contributed by atoms with Crippen molar-refractivity contribution in [3.63, 3.8) is 0 Å². The zero-order valence-corrected chi connectivity index (χ0v) is 17.9. The van der Waals surface area contributed by atoms with Gasteiger partial charge in [0.05, 0.1) is 12.1 Å². The summed E-state index contributed by atoms with van der Waals surface area (Å²) in [5, 5.41) is 18.2. The topological polar surface area (TPSA) is 87.8 Å². The standard InChI is InChI=1S/C21H28ClN3O4/c1-14-9-17(10-15(2)20(14)22)28-13-21(27)5-4-7-25(8-6-21)12-19(26)23-18-11-16(3)29-24-18/h9-11,27H,4-8,12-13H2,1-3H3,(H,23,24,26). The molecule has 1 aromatic heterocycles. The second kappa shape index (κ2) is 9.15. The average molecular weight is 422 g/mol. The monoisotopic (exact) mass is 421 g/mol. The first-order valence-electron chi connectivity index (χ1n) is 9.81. The van der Waals surface area contributed by atoms with Gasteiger partial charge >= 0.3 is 0 Å². The summed E-state index contributed by atoms with van der Waals surface area (Å²) in [6.45, 7) is 7.46. The van der Waals surface area contributed by atoms with E-state index in [0.717, 1.165) is 29.1 Å². The van der Waals surface area contributed by atoms with E-state index in [1.54, 1.807) is 13.0 Å². The van der Waals surface area contributed by atoms with Crippen LogP contribution >= 0.6 is 11.6 Å². The van der Waals surface area contributed by atoms with Gasteiger partial charge < -0.3 is 19.7 Å². The van der Waals surface area contributed by atoms with Crippen molar-refractivity contribution in [2.75, 3.05) is 31.6 Å². The molecule has 7 nitrogen and oxygen atoms in total. The second-order valence-electron chi connectivity index (χ2n) is 7.88. The number of benzene rings is 1. The van der Waals surface area contributed by atoms with E-state index in [1.165, 1.54) is 0 Å². The van der Waals surface area contributed by atoms with Crippen molar-refractivity contribution < 1.29 is 19.2 Å². The van der Waals surface area contributed by atoms with Crippen molar-refractivity contribution in [1.29, 1.82) is 0 Å².